The van der Waals surface area contributed by atoms with Crippen LogP contribution < -0.4 is 10.9 Å². The Hall–Kier alpha value is -4.12. The van der Waals surface area contributed by atoms with Crippen LogP contribution in [0, 0.1) is 30.1 Å². The molecule has 10 heteroatoms. The standard InChI is InChI=1S/C27H28N6O4/c1-18-15-19(5-6-21(18)26(35)32-13-8-20(16-32)36-2)30-24-23-22(7-12-29-25(23)34)33(31-24)27(9-3-11-28)10-4-14-37-17-27/h5-7,12,15,20H,4,8,10,13-14,16-17H2,1-2H3,(H,29,34)(H,30,31). The fourth-order valence-corrected chi connectivity index (χ4v) is 5.13. The van der Waals surface area contributed by atoms with Gasteiger partial charge in [0.1, 0.15) is 10.9 Å². The lowest BCUT2D eigenvalue weighted by Gasteiger charge is -2.33. The molecule has 3 aromatic rings. The van der Waals surface area contributed by atoms with Crippen molar-refractivity contribution >= 4 is 28.3 Å². The Balaban J connectivity index is 1.50. The summed E-state index contributed by atoms with van der Waals surface area (Å²) in [7, 11) is 1.67. The van der Waals surface area contributed by atoms with E-state index in [0.29, 0.717) is 54.1 Å². The van der Waals surface area contributed by atoms with Gasteiger partial charge in [-0.2, -0.15) is 10.4 Å². The lowest BCUT2D eigenvalue weighted by molar-refractivity contribution is 0.0255. The van der Waals surface area contributed by atoms with Gasteiger partial charge in [0.05, 0.1) is 18.2 Å². The summed E-state index contributed by atoms with van der Waals surface area (Å²) in [5.74, 6) is 5.88. The van der Waals surface area contributed by atoms with Crippen molar-refractivity contribution in [3.8, 4) is 17.9 Å². The van der Waals surface area contributed by atoms with Crippen LogP contribution >= 0.6 is 0 Å². The molecule has 2 aliphatic heterocycles. The number of rotatable bonds is 5. The van der Waals surface area contributed by atoms with Gasteiger partial charge in [0, 0.05) is 50.2 Å². The van der Waals surface area contributed by atoms with Gasteiger partial charge >= 0.3 is 0 Å². The first-order valence-corrected chi connectivity index (χ1v) is 12.3. The van der Waals surface area contributed by atoms with Crippen LogP contribution in [0.3, 0.4) is 0 Å². The van der Waals surface area contributed by atoms with E-state index < -0.39 is 5.54 Å². The SMILES string of the molecule is COC1CCN(C(=O)c2ccc(Nc3nn(C4(C#CC#N)CCCOC4)c4cc[nH]c(=O)c34)cc2C)C1. The van der Waals surface area contributed by atoms with E-state index in [2.05, 4.69) is 22.1 Å². The Morgan fingerprint density at radius 3 is 2.95 bits per heavy atom. The van der Waals surface area contributed by atoms with Gasteiger partial charge in [0.15, 0.2) is 11.9 Å². The molecular weight excluding hydrogens is 472 g/mol. The minimum Gasteiger partial charge on any atom is -0.380 e. The van der Waals surface area contributed by atoms with E-state index in [0.717, 1.165) is 18.4 Å². The quantitative estimate of drug-likeness (QED) is 0.516. The molecule has 0 aliphatic carbocycles. The molecule has 190 valence electrons. The van der Waals surface area contributed by atoms with Crippen LogP contribution in [0.2, 0.25) is 0 Å². The summed E-state index contributed by atoms with van der Waals surface area (Å²) in [5.41, 5.74) is 1.57. The van der Waals surface area contributed by atoms with Crippen LogP contribution in [0.1, 0.15) is 35.2 Å². The number of carbonyl (C=O) groups is 1. The molecule has 2 fully saturated rings. The number of likely N-dealkylation sites (tertiary alicyclic amines) is 1. The highest BCUT2D eigenvalue weighted by atomic mass is 16.5. The first kappa shape index (κ1) is 24.6. The Morgan fingerprint density at radius 2 is 2.24 bits per heavy atom. The molecule has 1 aromatic carbocycles. The van der Waals surface area contributed by atoms with Crippen molar-refractivity contribution in [3.63, 3.8) is 0 Å². The van der Waals surface area contributed by atoms with Crippen LogP contribution in [0.15, 0.2) is 35.3 Å². The number of hydrogen-bond donors (Lipinski definition) is 2. The lowest BCUT2D eigenvalue weighted by Crippen LogP contribution is -2.41. The molecule has 4 heterocycles. The first-order chi connectivity index (χ1) is 18.0. The van der Waals surface area contributed by atoms with Crippen LogP contribution in [-0.2, 0) is 15.0 Å². The molecule has 10 nitrogen and oxygen atoms in total. The van der Waals surface area contributed by atoms with Crippen molar-refractivity contribution in [1.82, 2.24) is 19.7 Å². The zero-order valence-corrected chi connectivity index (χ0v) is 20.8. The normalized spacial score (nSPS) is 21.3. The number of aryl methyl sites for hydroxylation is 1. The summed E-state index contributed by atoms with van der Waals surface area (Å²) in [6, 6.07) is 9.12. The molecule has 1 amide bonds. The van der Waals surface area contributed by atoms with E-state index in [-0.39, 0.29) is 24.2 Å². The average molecular weight is 501 g/mol. The van der Waals surface area contributed by atoms with Gasteiger partial charge in [0.25, 0.3) is 11.5 Å². The minimum atomic E-state index is -0.859. The van der Waals surface area contributed by atoms with Crippen molar-refractivity contribution in [3.05, 3.63) is 51.9 Å². The van der Waals surface area contributed by atoms with E-state index in [1.54, 1.807) is 36.2 Å². The van der Waals surface area contributed by atoms with E-state index in [9.17, 15) is 9.59 Å². The number of fused-ring (bicyclic) bond motifs is 1. The number of anilines is 2. The number of ether oxygens (including phenoxy) is 2. The zero-order valence-electron chi connectivity index (χ0n) is 20.8. The summed E-state index contributed by atoms with van der Waals surface area (Å²) in [5, 5.41) is 17.5. The molecule has 37 heavy (non-hydrogen) atoms. The van der Waals surface area contributed by atoms with Gasteiger partial charge in [-0.25, -0.2) is 4.68 Å². The smallest absolute Gasteiger partial charge is 0.261 e. The molecule has 2 unspecified atom stereocenters. The molecule has 5 rings (SSSR count). The summed E-state index contributed by atoms with van der Waals surface area (Å²) in [6.07, 6.45) is 3.86. The maximum Gasteiger partial charge on any atom is 0.261 e. The molecular formula is C27H28N6O4. The maximum atomic E-state index is 13.1. The van der Waals surface area contributed by atoms with Crippen molar-refractivity contribution in [2.75, 3.05) is 38.7 Å². The third-order valence-electron chi connectivity index (χ3n) is 7.07. The topological polar surface area (TPSA) is 125 Å². The van der Waals surface area contributed by atoms with Crippen LogP contribution in [0.5, 0.6) is 0 Å². The third kappa shape index (κ3) is 4.57. The number of carbonyl (C=O) groups excluding carboxylic acids is 1. The highest BCUT2D eigenvalue weighted by Crippen LogP contribution is 2.33. The van der Waals surface area contributed by atoms with Crippen molar-refractivity contribution in [2.45, 2.75) is 37.8 Å². The number of pyridine rings is 1. The number of nitriles is 1. The zero-order chi connectivity index (χ0) is 26.0. The van der Waals surface area contributed by atoms with Crippen molar-refractivity contribution in [1.29, 1.82) is 5.26 Å². The number of methoxy groups -OCH3 is 1. The van der Waals surface area contributed by atoms with E-state index in [1.807, 2.05) is 24.0 Å². The minimum absolute atomic E-state index is 0.0231. The molecule has 0 radical (unpaired) electrons. The highest BCUT2D eigenvalue weighted by Gasteiger charge is 2.37. The number of aromatic amines is 1. The van der Waals surface area contributed by atoms with Gasteiger partial charge in [-0.3, -0.25) is 9.59 Å². The van der Waals surface area contributed by atoms with Crippen LogP contribution in [0.4, 0.5) is 11.5 Å². The second-order valence-electron chi connectivity index (χ2n) is 9.43. The molecule has 0 saturated carbocycles. The predicted molar refractivity (Wildman–Crippen MR) is 138 cm³/mol. The number of aromatic nitrogens is 3. The second-order valence-corrected chi connectivity index (χ2v) is 9.43. The number of H-pyrrole nitrogens is 1. The number of benzene rings is 1. The van der Waals surface area contributed by atoms with Crippen molar-refractivity contribution < 1.29 is 14.3 Å². The summed E-state index contributed by atoms with van der Waals surface area (Å²) in [6.45, 7) is 4.01. The number of nitrogens with one attached hydrogen (secondary N) is 2. The molecule has 2 atom stereocenters. The lowest BCUT2D eigenvalue weighted by atomic mass is 9.93. The highest BCUT2D eigenvalue weighted by molar-refractivity contribution is 5.97. The molecule has 0 bridgehead atoms. The van der Waals surface area contributed by atoms with Crippen LogP contribution in [-0.4, -0.2) is 65.1 Å². The van der Waals surface area contributed by atoms with Gasteiger partial charge in [-0.15, -0.1) is 0 Å². The van der Waals surface area contributed by atoms with Crippen LogP contribution in [0.25, 0.3) is 10.9 Å². The fraction of sp³-hybridized carbons (Fsp3) is 0.407. The predicted octanol–water partition coefficient (Wildman–Crippen LogP) is 2.67. The monoisotopic (exact) mass is 500 g/mol. The largest absolute Gasteiger partial charge is 0.380 e. The number of hydrogen-bond acceptors (Lipinski definition) is 7. The summed E-state index contributed by atoms with van der Waals surface area (Å²) >= 11 is 0. The van der Waals surface area contributed by atoms with E-state index >= 15 is 0 Å². The Kier molecular flexibility index (Phi) is 6.70. The second kappa shape index (κ2) is 10.1. The molecule has 2 aromatic heterocycles. The van der Waals surface area contributed by atoms with Gasteiger partial charge in [-0.05, 0) is 56.0 Å². The fourth-order valence-electron chi connectivity index (χ4n) is 5.13. The third-order valence-corrected chi connectivity index (χ3v) is 7.07. The van der Waals surface area contributed by atoms with Gasteiger partial charge in [0.2, 0.25) is 0 Å². The molecule has 2 aliphatic rings. The summed E-state index contributed by atoms with van der Waals surface area (Å²) < 4.78 is 12.8. The van der Waals surface area contributed by atoms with E-state index in [1.165, 1.54) is 0 Å². The average Bonchev–Trinajstić information content (AvgIpc) is 3.54. The van der Waals surface area contributed by atoms with Gasteiger partial charge < -0.3 is 24.7 Å². The van der Waals surface area contributed by atoms with Crippen molar-refractivity contribution in [2.24, 2.45) is 0 Å². The Morgan fingerprint density at radius 1 is 1.38 bits per heavy atom. The molecule has 2 saturated heterocycles. The molecule has 2 N–H and O–H groups in total. The number of amides is 1. The Bertz CT molecular complexity index is 1500. The van der Waals surface area contributed by atoms with E-state index in [4.69, 9.17) is 19.8 Å². The first-order valence-electron chi connectivity index (χ1n) is 12.3. The summed E-state index contributed by atoms with van der Waals surface area (Å²) in [4.78, 5) is 30.5. The van der Waals surface area contributed by atoms with Gasteiger partial charge in [-0.1, -0.05) is 5.92 Å². The maximum absolute atomic E-state index is 13.1. The Labute approximate surface area is 214 Å². The molecule has 0 spiro atoms. The number of nitrogens with zero attached hydrogens (tertiary/aromatic N) is 4.